The third kappa shape index (κ3) is 1.48. The van der Waals surface area contributed by atoms with Crippen LogP contribution in [0.3, 0.4) is 0 Å². The summed E-state index contributed by atoms with van der Waals surface area (Å²) in [5, 5.41) is 8.30. The predicted octanol–water partition coefficient (Wildman–Crippen LogP) is 2.22. The van der Waals surface area contributed by atoms with Gasteiger partial charge in [-0.05, 0) is 36.8 Å². The summed E-state index contributed by atoms with van der Waals surface area (Å²) in [6.07, 6.45) is 4.32. The van der Waals surface area contributed by atoms with Crippen LogP contribution in [0.15, 0.2) is 41.1 Å². The Labute approximate surface area is 92.5 Å². The molecule has 80 valence electrons. The molecule has 0 fully saturated rings. The van der Waals surface area contributed by atoms with Gasteiger partial charge in [-0.2, -0.15) is 0 Å². The molecule has 3 heterocycles. The first-order chi connectivity index (χ1) is 7.83. The second-order valence-electron chi connectivity index (χ2n) is 3.80. The molecule has 0 amide bonds. The first kappa shape index (κ1) is 9.15. The normalized spacial score (nSPS) is 11.1. The zero-order chi connectivity index (χ0) is 11.0. The van der Waals surface area contributed by atoms with Gasteiger partial charge in [0.25, 0.3) is 0 Å². The number of aryl methyl sites for hydroxylation is 1. The number of aromatic nitrogens is 3. The van der Waals surface area contributed by atoms with Crippen LogP contribution in [0.1, 0.15) is 17.1 Å². The first-order valence-electron chi connectivity index (χ1n) is 5.15. The fourth-order valence-electron chi connectivity index (χ4n) is 1.73. The summed E-state index contributed by atoms with van der Waals surface area (Å²) in [7, 11) is 0. The lowest BCUT2D eigenvalue weighted by molar-refractivity contribution is 0.516. The first-order valence-corrected chi connectivity index (χ1v) is 5.15. The average Bonchev–Trinajstić information content (AvgIpc) is 2.89. The van der Waals surface area contributed by atoms with Crippen LogP contribution in [0.5, 0.6) is 0 Å². The maximum atomic E-state index is 5.30. The van der Waals surface area contributed by atoms with Gasteiger partial charge < -0.3 is 4.42 Å². The second kappa shape index (κ2) is 3.48. The van der Waals surface area contributed by atoms with Gasteiger partial charge in [0.2, 0.25) is 0 Å². The minimum absolute atomic E-state index is 0.664. The molecule has 0 saturated heterocycles. The molecular formula is C12H11N3O. The lowest BCUT2D eigenvalue weighted by atomic mass is 10.3. The Hall–Kier alpha value is -2.10. The average molecular weight is 213 g/mol. The molecule has 16 heavy (non-hydrogen) atoms. The minimum atomic E-state index is 0.664. The molecule has 0 atom stereocenters. The number of fused-ring (bicyclic) bond motifs is 1. The van der Waals surface area contributed by atoms with Crippen molar-refractivity contribution in [2.45, 2.75) is 13.3 Å². The summed E-state index contributed by atoms with van der Waals surface area (Å²) >= 11 is 0. The van der Waals surface area contributed by atoms with Crippen LogP contribution in [0, 0.1) is 6.92 Å². The minimum Gasteiger partial charge on any atom is -0.469 e. The molecule has 4 heteroatoms. The van der Waals surface area contributed by atoms with E-state index in [9.17, 15) is 0 Å². The van der Waals surface area contributed by atoms with Gasteiger partial charge in [0.15, 0.2) is 5.65 Å². The summed E-state index contributed by atoms with van der Waals surface area (Å²) in [5.41, 5.74) is 2.06. The van der Waals surface area contributed by atoms with Crippen LogP contribution in [0.2, 0.25) is 0 Å². The van der Waals surface area contributed by atoms with E-state index in [2.05, 4.69) is 10.2 Å². The van der Waals surface area contributed by atoms with Gasteiger partial charge in [-0.1, -0.05) is 0 Å². The van der Waals surface area contributed by atoms with Gasteiger partial charge in [0, 0.05) is 6.20 Å². The van der Waals surface area contributed by atoms with Gasteiger partial charge in [-0.15, -0.1) is 10.2 Å². The molecule has 0 N–H and O–H groups in total. The smallest absolute Gasteiger partial charge is 0.161 e. The standard InChI is InChI=1S/C12H11N3O/c1-9-4-5-15-11(7-9)13-14-12(15)8-10-3-2-6-16-10/h2-7H,8H2,1H3. The number of pyridine rings is 1. The van der Waals surface area contributed by atoms with E-state index in [1.165, 1.54) is 5.56 Å². The molecule has 0 bridgehead atoms. The van der Waals surface area contributed by atoms with Crippen molar-refractivity contribution in [1.29, 1.82) is 0 Å². The molecule has 0 aliphatic heterocycles. The maximum absolute atomic E-state index is 5.30. The molecule has 0 radical (unpaired) electrons. The quantitative estimate of drug-likeness (QED) is 0.655. The van der Waals surface area contributed by atoms with Crippen molar-refractivity contribution in [3.8, 4) is 0 Å². The Morgan fingerprint density at radius 1 is 1.31 bits per heavy atom. The number of furan rings is 1. The van der Waals surface area contributed by atoms with Crippen LogP contribution >= 0.6 is 0 Å². The monoisotopic (exact) mass is 213 g/mol. The molecule has 0 aliphatic carbocycles. The number of rotatable bonds is 2. The number of nitrogens with zero attached hydrogens (tertiary/aromatic N) is 3. The summed E-state index contributed by atoms with van der Waals surface area (Å²) in [6.45, 7) is 2.04. The summed E-state index contributed by atoms with van der Waals surface area (Å²) in [6, 6.07) is 7.87. The summed E-state index contributed by atoms with van der Waals surface area (Å²) < 4.78 is 7.28. The molecule has 0 spiro atoms. The van der Waals surface area contributed by atoms with Crippen molar-refractivity contribution in [2.24, 2.45) is 0 Å². The van der Waals surface area contributed by atoms with Crippen molar-refractivity contribution in [1.82, 2.24) is 14.6 Å². The molecular weight excluding hydrogens is 202 g/mol. The summed E-state index contributed by atoms with van der Waals surface area (Å²) in [4.78, 5) is 0. The second-order valence-corrected chi connectivity index (χ2v) is 3.80. The lowest BCUT2D eigenvalue weighted by Crippen LogP contribution is -1.95. The zero-order valence-electron chi connectivity index (χ0n) is 8.92. The highest BCUT2D eigenvalue weighted by molar-refractivity contribution is 5.41. The van der Waals surface area contributed by atoms with E-state index in [0.29, 0.717) is 6.42 Å². The predicted molar refractivity (Wildman–Crippen MR) is 59.2 cm³/mol. The highest BCUT2D eigenvalue weighted by atomic mass is 16.3. The van der Waals surface area contributed by atoms with E-state index in [0.717, 1.165) is 17.2 Å². The molecule has 3 aromatic rings. The maximum Gasteiger partial charge on any atom is 0.161 e. The molecule has 3 aromatic heterocycles. The van der Waals surface area contributed by atoms with Crippen molar-refractivity contribution in [3.63, 3.8) is 0 Å². The zero-order valence-corrected chi connectivity index (χ0v) is 8.92. The third-order valence-corrected chi connectivity index (χ3v) is 2.55. The highest BCUT2D eigenvalue weighted by Gasteiger charge is 2.07. The van der Waals surface area contributed by atoms with Crippen LogP contribution in [0.4, 0.5) is 0 Å². The van der Waals surface area contributed by atoms with Crippen molar-refractivity contribution < 1.29 is 4.42 Å². The van der Waals surface area contributed by atoms with Crippen LogP contribution in [-0.2, 0) is 6.42 Å². The van der Waals surface area contributed by atoms with E-state index in [-0.39, 0.29) is 0 Å². The largest absolute Gasteiger partial charge is 0.469 e. The van der Waals surface area contributed by atoms with Crippen molar-refractivity contribution in [2.75, 3.05) is 0 Å². The Kier molecular flexibility index (Phi) is 1.99. The van der Waals surface area contributed by atoms with Gasteiger partial charge in [0.05, 0.1) is 12.7 Å². The third-order valence-electron chi connectivity index (χ3n) is 2.55. The fraction of sp³-hybridized carbons (Fsp3) is 0.167. The number of hydrogen-bond acceptors (Lipinski definition) is 3. The van der Waals surface area contributed by atoms with Crippen molar-refractivity contribution >= 4 is 5.65 Å². The fourth-order valence-corrected chi connectivity index (χ4v) is 1.73. The molecule has 0 aliphatic rings. The Morgan fingerprint density at radius 2 is 2.25 bits per heavy atom. The van der Waals surface area contributed by atoms with Gasteiger partial charge in [0.1, 0.15) is 11.6 Å². The Balaban J connectivity index is 2.04. The number of hydrogen-bond donors (Lipinski definition) is 0. The van der Waals surface area contributed by atoms with E-state index < -0.39 is 0 Å². The summed E-state index contributed by atoms with van der Waals surface area (Å²) in [5.74, 6) is 1.79. The van der Waals surface area contributed by atoms with Gasteiger partial charge >= 0.3 is 0 Å². The SMILES string of the molecule is Cc1ccn2c(Cc3ccco3)nnc2c1. The lowest BCUT2D eigenvalue weighted by Gasteiger charge is -1.98. The molecule has 4 nitrogen and oxygen atoms in total. The molecule has 0 aromatic carbocycles. The Bertz CT molecular complexity index is 610. The molecule has 3 rings (SSSR count). The van der Waals surface area contributed by atoms with E-state index in [1.54, 1.807) is 6.26 Å². The Morgan fingerprint density at radius 3 is 3.06 bits per heavy atom. The van der Waals surface area contributed by atoms with Gasteiger partial charge in [-0.3, -0.25) is 4.40 Å². The molecule has 0 saturated carbocycles. The van der Waals surface area contributed by atoms with Crippen LogP contribution < -0.4 is 0 Å². The van der Waals surface area contributed by atoms with Gasteiger partial charge in [-0.25, -0.2) is 0 Å². The topological polar surface area (TPSA) is 43.3 Å². The van der Waals surface area contributed by atoms with E-state index in [4.69, 9.17) is 4.42 Å². The van der Waals surface area contributed by atoms with E-state index in [1.807, 2.05) is 41.8 Å². The van der Waals surface area contributed by atoms with E-state index >= 15 is 0 Å². The van der Waals surface area contributed by atoms with Crippen LogP contribution in [0.25, 0.3) is 5.65 Å². The van der Waals surface area contributed by atoms with Crippen molar-refractivity contribution in [3.05, 3.63) is 53.9 Å². The van der Waals surface area contributed by atoms with Crippen LogP contribution in [-0.4, -0.2) is 14.6 Å². The molecule has 0 unspecified atom stereocenters. The highest BCUT2D eigenvalue weighted by Crippen LogP contribution is 2.11.